The molecule has 3 aromatic carbocycles. The summed E-state index contributed by atoms with van der Waals surface area (Å²) in [6.07, 6.45) is 1.74. The van der Waals surface area contributed by atoms with Crippen molar-refractivity contribution < 1.29 is 14.3 Å². The molecular formula is C27H20N2O3S. The lowest BCUT2D eigenvalue weighted by atomic mass is 10.1. The van der Waals surface area contributed by atoms with Crippen molar-refractivity contribution in [3.8, 4) is 5.75 Å². The van der Waals surface area contributed by atoms with Crippen LogP contribution < -0.4 is 4.74 Å². The molecule has 0 fully saturated rings. The lowest BCUT2D eigenvalue weighted by Gasteiger charge is -2.10. The number of aliphatic imine (C=N–C) groups is 1. The fraction of sp³-hybridized carbons (Fsp3) is 0.0741. The van der Waals surface area contributed by atoms with E-state index in [-0.39, 0.29) is 5.70 Å². The number of esters is 1. The SMILES string of the molecule is CCOc1ccc2nc(Sc3ccccc3)c(/C=C3/N=C(c4ccccc4)OC3=O)cc2c1. The number of hydrogen-bond donors (Lipinski definition) is 0. The molecule has 5 nitrogen and oxygen atoms in total. The van der Waals surface area contributed by atoms with Crippen molar-refractivity contribution in [3.63, 3.8) is 0 Å². The summed E-state index contributed by atoms with van der Waals surface area (Å²) in [5.74, 6) is 0.600. The zero-order valence-corrected chi connectivity index (χ0v) is 18.7. The quantitative estimate of drug-likeness (QED) is 0.260. The highest BCUT2D eigenvalue weighted by Crippen LogP contribution is 2.34. The van der Waals surface area contributed by atoms with Crippen molar-refractivity contribution in [1.29, 1.82) is 0 Å². The third-order valence-corrected chi connectivity index (χ3v) is 6.01. The van der Waals surface area contributed by atoms with Crippen LogP contribution in [0.25, 0.3) is 17.0 Å². The lowest BCUT2D eigenvalue weighted by molar-refractivity contribution is -0.129. The molecule has 2 heterocycles. The number of aromatic nitrogens is 1. The largest absolute Gasteiger partial charge is 0.494 e. The number of hydrogen-bond acceptors (Lipinski definition) is 6. The molecule has 1 aliphatic rings. The number of rotatable bonds is 6. The van der Waals surface area contributed by atoms with Crippen LogP contribution in [0.1, 0.15) is 18.1 Å². The third kappa shape index (κ3) is 4.66. The molecule has 33 heavy (non-hydrogen) atoms. The predicted molar refractivity (Wildman–Crippen MR) is 131 cm³/mol. The number of cyclic esters (lactones) is 1. The van der Waals surface area contributed by atoms with Crippen LogP contribution in [0.3, 0.4) is 0 Å². The second-order valence-corrected chi connectivity index (χ2v) is 8.35. The average Bonchev–Trinajstić information content (AvgIpc) is 3.21. The monoisotopic (exact) mass is 452 g/mol. The number of benzene rings is 3. The summed E-state index contributed by atoms with van der Waals surface area (Å²) in [6.45, 7) is 2.53. The number of fused-ring (bicyclic) bond motifs is 1. The fourth-order valence-corrected chi connectivity index (χ4v) is 4.35. The maximum Gasteiger partial charge on any atom is 0.363 e. The lowest BCUT2D eigenvalue weighted by Crippen LogP contribution is -2.05. The molecule has 0 saturated carbocycles. The van der Waals surface area contributed by atoms with Gasteiger partial charge < -0.3 is 9.47 Å². The van der Waals surface area contributed by atoms with E-state index in [0.717, 1.165) is 37.7 Å². The third-order valence-electron chi connectivity index (χ3n) is 4.98. The summed E-state index contributed by atoms with van der Waals surface area (Å²) in [5.41, 5.74) is 2.63. The molecule has 1 aliphatic heterocycles. The van der Waals surface area contributed by atoms with Gasteiger partial charge in [0, 0.05) is 21.4 Å². The standard InChI is InChI=1S/C27H20N2O3S/c1-2-31-21-13-14-23-19(16-21)15-20(26(29-23)33-22-11-7-4-8-12-22)17-24-27(30)32-25(28-24)18-9-5-3-6-10-18/h3-17H,2H2,1H3/b24-17+. The second kappa shape index (κ2) is 9.30. The van der Waals surface area contributed by atoms with Gasteiger partial charge in [0.05, 0.1) is 12.1 Å². The molecule has 5 rings (SSSR count). The first-order chi connectivity index (χ1) is 16.2. The number of nitrogens with zero attached hydrogens (tertiary/aromatic N) is 2. The molecule has 0 radical (unpaired) electrons. The molecule has 0 spiro atoms. The Morgan fingerprint density at radius 1 is 0.970 bits per heavy atom. The first kappa shape index (κ1) is 21.0. The fourth-order valence-electron chi connectivity index (χ4n) is 3.46. The molecule has 0 bridgehead atoms. The first-order valence-corrected chi connectivity index (χ1v) is 11.4. The minimum Gasteiger partial charge on any atom is -0.494 e. The van der Waals surface area contributed by atoms with Gasteiger partial charge in [-0.25, -0.2) is 14.8 Å². The minimum atomic E-state index is -0.479. The molecule has 0 saturated heterocycles. The Hall–Kier alpha value is -3.90. The Labute approximate surface area is 195 Å². The molecule has 0 amide bonds. The van der Waals surface area contributed by atoms with E-state index >= 15 is 0 Å². The van der Waals surface area contributed by atoms with Gasteiger partial charge in [-0.1, -0.05) is 48.2 Å². The van der Waals surface area contributed by atoms with Gasteiger partial charge >= 0.3 is 5.97 Å². The van der Waals surface area contributed by atoms with Crippen molar-refractivity contribution >= 4 is 40.6 Å². The maximum atomic E-state index is 12.6. The van der Waals surface area contributed by atoms with E-state index in [1.54, 1.807) is 6.08 Å². The van der Waals surface area contributed by atoms with E-state index in [1.807, 2.05) is 91.9 Å². The number of pyridine rings is 1. The normalized spacial score (nSPS) is 14.4. The van der Waals surface area contributed by atoms with E-state index in [1.165, 1.54) is 11.8 Å². The highest BCUT2D eigenvalue weighted by molar-refractivity contribution is 7.99. The summed E-state index contributed by atoms with van der Waals surface area (Å²) in [7, 11) is 0. The number of ether oxygens (including phenoxy) is 2. The van der Waals surface area contributed by atoms with Crippen LogP contribution in [0.2, 0.25) is 0 Å². The Morgan fingerprint density at radius 3 is 2.48 bits per heavy atom. The van der Waals surface area contributed by atoms with Crippen LogP contribution in [-0.4, -0.2) is 23.5 Å². The van der Waals surface area contributed by atoms with Gasteiger partial charge in [-0.2, -0.15) is 0 Å². The Bertz CT molecular complexity index is 1380. The van der Waals surface area contributed by atoms with E-state index in [0.29, 0.717) is 12.5 Å². The average molecular weight is 453 g/mol. The summed E-state index contributed by atoms with van der Waals surface area (Å²) in [5, 5.41) is 1.70. The van der Waals surface area contributed by atoms with E-state index in [2.05, 4.69) is 4.99 Å². The van der Waals surface area contributed by atoms with Crippen molar-refractivity contribution in [2.24, 2.45) is 4.99 Å². The van der Waals surface area contributed by atoms with Crippen LogP contribution in [0, 0.1) is 0 Å². The van der Waals surface area contributed by atoms with Crippen LogP contribution >= 0.6 is 11.8 Å². The molecule has 0 atom stereocenters. The van der Waals surface area contributed by atoms with Gasteiger partial charge in [0.25, 0.3) is 0 Å². The van der Waals surface area contributed by atoms with Gasteiger partial charge in [-0.05, 0) is 61.5 Å². The molecule has 1 aromatic heterocycles. The highest BCUT2D eigenvalue weighted by Gasteiger charge is 2.24. The van der Waals surface area contributed by atoms with E-state index < -0.39 is 5.97 Å². The summed E-state index contributed by atoms with van der Waals surface area (Å²) in [6, 6.07) is 27.2. The van der Waals surface area contributed by atoms with E-state index in [4.69, 9.17) is 14.5 Å². The van der Waals surface area contributed by atoms with Gasteiger partial charge in [-0.3, -0.25) is 0 Å². The minimum absolute atomic E-state index is 0.242. The zero-order valence-electron chi connectivity index (χ0n) is 17.9. The first-order valence-electron chi connectivity index (χ1n) is 10.6. The molecule has 0 N–H and O–H groups in total. The number of carbonyl (C=O) groups excluding carboxylic acids is 1. The van der Waals surface area contributed by atoms with Gasteiger partial charge in [0.2, 0.25) is 5.90 Å². The second-order valence-electron chi connectivity index (χ2n) is 7.29. The maximum absolute atomic E-state index is 12.6. The van der Waals surface area contributed by atoms with Crippen LogP contribution in [0.4, 0.5) is 0 Å². The summed E-state index contributed by atoms with van der Waals surface area (Å²) in [4.78, 5) is 23.0. The summed E-state index contributed by atoms with van der Waals surface area (Å²) >= 11 is 1.54. The molecule has 162 valence electrons. The summed E-state index contributed by atoms with van der Waals surface area (Å²) < 4.78 is 11.1. The van der Waals surface area contributed by atoms with Crippen molar-refractivity contribution in [2.45, 2.75) is 16.8 Å². The molecule has 6 heteroatoms. The van der Waals surface area contributed by atoms with Crippen LogP contribution in [0.15, 0.2) is 106 Å². The smallest absolute Gasteiger partial charge is 0.363 e. The van der Waals surface area contributed by atoms with Crippen molar-refractivity contribution in [1.82, 2.24) is 4.98 Å². The molecule has 0 unspecified atom stereocenters. The molecule has 0 aliphatic carbocycles. The Morgan fingerprint density at radius 2 is 1.73 bits per heavy atom. The topological polar surface area (TPSA) is 60.8 Å². The molecular weight excluding hydrogens is 432 g/mol. The Balaban J connectivity index is 1.60. The van der Waals surface area contributed by atoms with Gasteiger partial charge in [0.1, 0.15) is 10.8 Å². The van der Waals surface area contributed by atoms with Gasteiger partial charge in [-0.15, -0.1) is 0 Å². The number of carbonyl (C=O) groups is 1. The van der Waals surface area contributed by atoms with E-state index in [9.17, 15) is 4.79 Å². The predicted octanol–water partition coefficient (Wildman–Crippen LogP) is 6.13. The van der Waals surface area contributed by atoms with Crippen molar-refractivity contribution in [3.05, 3.63) is 102 Å². The zero-order chi connectivity index (χ0) is 22.6. The highest BCUT2D eigenvalue weighted by atomic mass is 32.2. The van der Waals surface area contributed by atoms with Crippen molar-refractivity contribution in [2.75, 3.05) is 6.61 Å². The van der Waals surface area contributed by atoms with Crippen LogP contribution in [-0.2, 0) is 9.53 Å². The molecule has 4 aromatic rings. The Kier molecular flexibility index (Phi) is 5.91. The van der Waals surface area contributed by atoms with Gasteiger partial charge in [0.15, 0.2) is 5.70 Å². The van der Waals surface area contributed by atoms with Crippen LogP contribution in [0.5, 0.6) is 5.75 Å².